The van der Waals surface area contributed by atoms with E-state index in [1.807, 2.05) is 13.0 Å². The maximum Gasteiger partial charge on any atom is 0.254 e. The molecule has 0 bridgehead atoms. The van der Waals surface area contributed by atoms with Gasteiger partial charge in [0.05, 0.1) is 17.5 Å². The Kier molecular flexibility index (Phi) is 6.58. The molecule has 2 heterocycles. The van der Waals surface area contributed by atoms with Gasteiger partial charge in [-0.15, -0.1) is 4.37 Å². The van der Waals surface area contributed by atoms with E-state index in [9.17, 15) is 14.5 Å². The number of aromatic nitrogens is 2. The molecule has 10 heteroatoms. The van der Waals surface area contributed by atoms with Crippen LogP contribution in [-0.2, 0) is 0 Å². The zero-order valence-electron chi connectivity index (χ0n) is 17.2. The molecule has 4 N–H and O–H groups in total. The van der Waals surface area contributed by atoms with Crippen LogP contribution >= 0.6 is 11.1 Å². The average molecular weight is 432 g/mol. The van der Waals surface area contributed by atoms with E-state index in [1.165, 1.54) is 13.1 Å². The number of para-hydroxylation sites is 1. The number of carbonyl (C=O) groups excluding carboxylic acids is 1. The molecule has 0 saturated heterocycles. The fourth-order valence-electron chi connectivity index (χ4n) is 2.90. The molecule has 0 fully saturated rings. The molecule has 2 aromatic heterocycles. The molecule has 0 aliphatic heterocycles. The predicted molar refractivity (Wildman–Crippen MR) is 113 cm³/mol. The molecule has 0 radical (unpaired) electrons. The molecule has 3 rings (SSSR count). The summed E-state index contributed by atoms with van der Waals surface area (Å²) >= 11 is -1.70. The van der Waals surface area contributed by atoms with Gasteiger partial charge in [0.15, 0.2) is 16.9 Å². The number of nitrogens with zero attached hydrogens (tertiary/aromatic N) is 2. The Hall–Kier alpha value is -3.11. The quantitative estimate of drug-likeness (QED) is 0.332. The number of aromatic amines is 1. The van der Waals surface area contributed by atoms with Crippen LogP contribution in [0.3, 0.4) is 0 Å². The molecular formula is C20H25N5O4S. The third-order valence-corrected chi connectivity index (χ3v) is 5.37. The van der Waals surface area contributed by atoms with Crippen molar-refractivity contribution in [2.75, 3.05) is 12.4 Å². The Morgan fingerprint density at radius 3 is 2.83 bits per heavy atom. The van der Waals surface area contributed by atoms with Crippen molar-refractivity contribution in [3.8, 4) is 5.75 Å². The molecule has 0 spiro atoms. The van der Waals surface area contributed by atoms with E-state index < -0.39 is 17.0 Å². The summed E-state index contributed by atoms with van der Waals surface area (Å²) in [6.45, 7) is 6.13. The summed E-state index contributed by atoms with van der Waals surface area (Å²) in [5.41, 5.74) is 1.72. The van der Waals surface area contributed by atoms with Crippen LogP contribution < -0.4 is 16.1 Å². The molecule has 2 atom stereocenters. The number of anilines is 2. The van der Waals surface area contributed by atoms with Crippen LogP contribution in [-0.4, -0.2) is 31.4 Å². The van der Waals surface area contributed by atoms with Crippen molar-refractivity contribution in [2.24, 2.45) is 4.99 Å². The van der Waals surface area contributed by atoms with E-state index in [0.29, 0.717) is 18.1 Å². The monoisotopic (exact) mass is 431 g/mol. The van der Waals surface area contributed by atoms with Gasteiger partial charge >= 0.3 is 0 Å². The van der Waals surface area contributed by atoms with Crippen LogP contribution in [0.4, 0.5) is 11.5 Å². The standard InChI is InChI=1S/C20H25N5O4S/c1-5-14(16-9-12(10-29-16)11(2)3)22-18-19(25-30(28)24-18)23-15-8-6-7-13(17(15)26)20(27)21-4/h6-11,14,26H,5H2,1-4H3,(H,21,27)(H,22,24)(H,23,25)/t14-,30?/m1/s1. The van der Waals surface area contributed by atoms with Crippen molar-refractivity contribution in [1.29, 1.82) is 0 Å². The van der Waals surface area contributed by atoms with Crippen LogP contribution in [0, 0.1) is 0 Å². The number of phenols is 1. The van der Waals surface area contributed by atoms with Gasteiger partial charge in [0, 0.05) is 11.4 Å². The molecule has 0 aliphatic carbocycles. The molecular weight excluding hydrogens is 406 g/mol. The zero-order chi connectivity index (χ0) is 21.8. The number of furan rings is 1. The number of hydrogen-bond acceptors (Lipinski definition) is 7. The number of amides is 1. The van der Waals surface area contributed by atoms with Crippen LogP contribution in [0.15, 0.2) is 39.9 Å². The second-order valence-corrected chi connectivity index (χ2v) is 7.92. The summed E-state index contributed by atoms with van der Waals surface area (Å²) < 4.78 is 24.4. The number of H-pyrrole nitrogens is 1. The molecule has 1 aromatic carbocycles. The Morgan fingerprint density at radius 1 is 1.43 bits per heavy atom. The molecule has 0 saturated carbocycles. The minimum atomic E-state index is -1.70. The molecule has 1 unspecified atom stereocenters. The van der Waals surface area contributed by atoms with Gasteiger partial charge in [-0.1, -0.05) is 26.8 Å². The lowest BCUT2D eigenvalue weighted by molar-refractivity contribution is 0.0960. The first kappa shape index (κ1) is 21.6. The molecule has 1 amide bonds. The van der Waals surface area contributed by atoms with Gasteiger partial charge in [-0.3, -0.25) is 4.79 Å². The lowest BCUT2D eigenvalue weighted by Crippen LogP contribution is -2.18. The van der Waals surface area contributed by atoms with Gasteiger partial charge in [-0.25, -0.2) is 4.99 Å². The zero-order valence-corrected chi connectivity index (χ0v) is 18.0. The summed E-state index contributed by atoms with van der Waals surface area (Å²) in [5, 5.41) is 15.8. The van der Waals surface area contributed by atoms with Gasteiger partial charge in [0.2, 0.25) is 11.3 Å². The summed E-state index contributed by atoms with van der Waals surface area (Å²) in [4.78, 5) is 16.5. The van der Waals surface area contributed by atoms with Crippen LogP contribution in [0.2, 0.25) is 0 Å². The number of rotatable bonds is 7. The smallest absolute Gasteiger partial charge is 0.254 e. The molecule has 0 aliphatic rings. The first-order chi connectivity index (χ1) is 14.3. The fourth-order valence-corrected chi connectivity index (χ4v) is 3.56. The highest BCUT2D eigenvalue weighted by Gasteiger charge is 2.19. The molecule has 30 heavy (non-hydrogen) atoms. The van der Waals surface area contributed by atoms with Crippen LogP contribution in [0.1, 0.15) is 60.8 Å². The van der Waals surface area contributed by atoms with Gasteiger partial charge < -0.3 is 24.7 Å². The van der Waals surface area contributed by atoms with E-state index in [4.69, 9.17) is 4.42 Å². The average Bonchev–Trinajstić information content (AvgIpc) is 3.34. The maximum absolute atomic E-state index is 12.0. The number of phenolic OH excluding ortho intramolecular Hbond substituents is 1. The number of benzene rings is 1. The van der Waals surface area contributed by atoms with Crippen molar-refractivity contribution >= 4 is 28.6 Å². The Labute approximate surface area is 177 Å². The molecule has 9 nitrogen and oxygen atoms in total. The van der Waals surface area contributed by atoms with Gasteiger partial charge in [-0.2, -0.15) is 0 Å². The topological polar surface area (TPSA) is 139 Å². The van der Waals surface area contributed by atoms with Crippen molar-refractivity contribution < 1.29 is 18.9 Å². The third kappa shape index (κ3) is 4.55. The van der Waals surface area contributed by atoms with Gasteiger partial charge in [0.25, 0.3) is 5.91 Å². The van der Waals surface area contributed by atoms with E-state index >= 15 is 0 Å². The van der Waals surface area contributed by atoms with E-state index in [-0.39, 0.29) is 34.3 Å². The summed E-state index contributed by atoms with van der Waals surface area (Å²) in [7, 11) is 1.48. The van der Waals surface area contributed by atoms with E-state index in [1.54, 1.807) is 18.4 Å². The SMILES string of the molecule is CC[C@@H](N=c1[nH][s+]([O-])nc1Nc1cccc(C(=O)NC)c1O)c1cc(C(C)C)co1. The van der Waals surface area contributed by atoms with Gasteiger partial charge in [0.1, 0.15) is 11.8 Å². The van der Waals surface area contributed by atoms with Crippen LogP contribution in [0.25, 0.3) is 0 Å². The highest BCUT2D eigenvalue weighted by Crippen LogP contribution is 2.30. The largest absolute Gasteiger partial charge is 0.548 e. The van der Waals surface area contributed by atoms with Gasteiger partial charge in [-0.05, 0) is 36.1 Å². The Balaban J connectivity index is 1.97. The maximum atomic E-state index is 12.0. The highest BCUT2D eigenvalue weighted by atomic mass is 32.2. The fraction of sp³-hybridized carbons (Fsp3) is 0.350. The van der Waals surface area contributed by atoms with E-state index in [2.05, 4.69) is 38.2 Å². The second kappa shape index (κ2) is 9.14. The number of nitrogens with one attached hydrogen (secondary N) is 3. The summed E-state index contributed by atoms with van der Waals surface area (Å²) in [6.07, 6.45) is 2.38. The summed E-state index contributed by atoms with van der Waals surface area (Å²) in [5.74, 6) is 0.573. The first-order valence-corrected chi connectivity index (χ1v) is 10.7. The van der Waals surface area contributed by atoms with Crippen molar-refractivity contribution in [3.05, 3.63) is 52.9 Å². The summed E-state index contributed by atoms with van der Waals surface area (Å²) in [6, 6.07) is 6.37. The molecule has 3 aromatic rings. The normalized spacial score (nSPS) is 13.5. The number of carbonyl (C=O) groups is 1. The Morgan fingerprint density at radius 2 is 2.20 bits per heavy atom. The van der Waals surface area contributed by atoms with Crippen molar-refractivity contribution in [1.82, 2.24) is 14.1 Å². The van der Waals surface area contributed by atoms with E-state index in [0.717, 1.165) is 5.56 Å². The highest BCUT2D eigenvalue weighted by molar-refractivity contribution is 7.13. The third-order valence-electron chi connectivity index (χ3n) is 4.65. The van der Waals surface area contributed by atoms with Crippen molar-refractivity contribution in [3.63, 3.8) is 0 Å². The lowest BCUT2D eigenvalue weighted by atomic mass is 10.1. The van der Waals surface area contributed by atoms with Crippen molar-refractivity contribution in [2.45, 2.75) is 39.2 Å². The van der Waals surface area contributed by atoms with Crippen LogP contribution in [0.5, 0.6) is 5.75 Å². The minimum Gasteiger partial charge on any atom is -0.548 e. The number of hydrogen-bond donors (Lipinski definition) is 4. The minimum absolute atomic E-state index is 0.108. The first-order valence-electron chi connectivity index (χ1n) is 9.58. The molecule has 160 valence electrons. The predicted octanol–water partition coefficient (Wildman–Crippen LogP) is 3.71. The Bertz CT molecular complexity index is 1100. The lowest BCUT2D eigenvalue weighted by Gasteiger charge is -2.09. The number of aromatic hydroxyl groups is 1. The second-order valence-electron chi connectivity index (χ2n) is 7.04.